The van der Waals surface area contributed by atoms with Crippen LogP contribution in [0.25, 0.3) is 0 Å². The van der Waals surface area contributed by atoms with E-state index in [2.05, 4.69) is 57.2 Å². The van der Waals surface area contributed by atoms with Crippen molar-refractivity contribution < 1.29 is 8.42 Å². The maximum absolute atomic E-state index is 12.4. The van der Waals surface area contributed by atoms with Gasteiger partial charge in [-0.3, -0.25) is 0 Å². The van der Waals surface area contributed by atoms with Gasteiger partial charge in [0, 0.05) is 17.6 Å². The van der Waals surface area contributed by atoms with Gasteiger partial charge in [-0.25, -0.2) is 13.1 Å². The summed E-state index contributed by atoms with van der Waals surface area (Å²) >= 11 is 3.44. The van der Waals surface area contributed by atoms with Crippen molar-refractivity contribution >= 4 is 26.0 Å². The molecule has 0 saturated heterocycles. The van der Waals surface area contributed by atoms with Crippen LogP contribution in [0, 0.1) is 0 Å². The Kier molecular flexibility index (Phi) is 10.9. The number of halogens is 1. The zero-order valence-electron chi connectivity index (χ0n) is 17.3. The van der Waals surface area contributed by atoms with Gasteiger partial charge in [-0.15, -0.1) is 0 Å². The summed E-state index contributed by atoms with van der Waals surface area (Å²) in [6.45, 7) is 4.51. The molecule has 0 atom stereocenters. The second-order valence-electron chi connectivity index (χ2n) is 7.36. The topological polar surface area (TPSA) is 58.2 Å². The number of nitrogens with one attached hydrogen (secondary N) is 2. The van der Waals surface area contributed by atoms with E-state index in [1.54, 1.807) is 12.1 Å². The average molecular weight is 482 g/mol. The van der Waals surface area contributed by atoms with Crippen LogP contribution in [0.1, 0.15) is 56.6 Å². The molecule has 0 saturated carbocycles. The molecular formula is C23H33BrN2O2S. The van der Waals surface area contributed by atoms with Crippen LogP contribution in [0.2, 0.25) is 0 Å². The van der Waals surface area contributed by atoms with Crippen LogP contribution < -0.4 is 10.0 Å². The van der Waals surface area contributed by atoms with Gasteiger partial charge in [-0.2, -0.15) is 0 Å². The van der Waals surface area contributed by atoms with Crippen molar-refractivity contribution in [2.45, 2.75) is 63.3 Å². The molecule has 0 spiro atoms. The highest BCUT2D eigenvalue weighted by molar-refractivity contribution is 9.10. The predicted molar refractivity (Wildman–Crippen MR) is 125 cm³/mol. The summed E-state index contributed by atoms with van der Waals surface area (Å²) in [6, 6.07) is 15.6. The van der Waals surface area contributed by atoms with Gasteiger partial charge in [0.1, 0.15) is 0 Å². The van der Waals surface area contributed by atoms with Gasteiger partial charge in [-0.05, 0) is 67.6 Å². The maximum atomic E-state index is 12.4. The third-order valence-corrected chi connectivity index (χ3v) is 6.87. The van der Waals surface area contributed by atoms with Gasteiger partial charge < -0.3 is 5.32 Å². The van der Waals surface area contributed by atoms with Crippen molar-refractivity contribution in [1.29, 1.82) is 0 Å². The highest BCUT2D eigenvalue weighted by Crippen LogP contribution is 2.13. The van der Waals surface area contributed by atoms with E-state index < -0.39 is 10.0 Å². The Balaban J connectivity index is 1.55. The summed E-state index contributed by atoms with van der Waals surface area (Å²) in [6.07, 6.45) is 7.36. The number of benzene rings is 2. The Bertz CT molecular complexity index is 806. The smallest absolute Gasteiger partial charge is 0.240 e. The van der Waals surface area contributed by atoms with Gasteiger partial charge in [0.15, 0.2) is 0 Å². The lowest BCUT2D eigenvalue weighted by Gasteiger charge is -2.08. The molecule has 6 heteroatoms. The number of rotatable bonds is 14. The molecule has 0 radical (unpaired) electrons. The highest BCUT2D eigenvalue weighted by atomic mass is 79.9. The number of aryl methyl sites for hydroxylation is 1. The van der Waals surface area contributed by atoms with E-state index in [0.717, 1.165) is 62.5 Å². The van der Waals surface area contributed by atoms with Gasteiger partial charge in [-0.1, -0.05) is 66.4 Å². The van der Waals surface area contributed by atoms with Crippen molar-refractivity contribution in [3.05, 3.63) is 64.1 Å². The van der Waals surface area contributed by atoms with E-state index in [-0.39, 0.29) is 0 Å². The quantitative estimate of drug-likeness (QED) is 0.354. The van der Waals surface area contributed by atoms with Gasteiger partial charge in [0.05, 0.1) is 4.90 Å². The fourth-order valence-electron chi connectivity index (χ4n) is 3.07. The zero-order valence-corrected chi connectivity index (χ0v) is 19.7. The molecule has 0 heterocycles. The Morgan fingerprint density at radius 2 is 1.41 bits per heavy atom. The molecule has 0 aromatic heterocycles. The molecule has 0 unspecified atom stereocenters. The lowest BCUT2D eigenvalue weighted by atomic mass is 10.1. The van der Waals surface area contributed by atoms with E-state index in [4.69, 9.17) is 0 Å². The van der Waals surface area contributed by atoms with E-state index in [1.807, 2.05) is 12.1 Å². The second kappa shape index (κ2) is 13.2. The highest BCUT2D eigenvalue weighted by Gasteiger charge is 2.12. The van der Waals surface area contributed by atoms with Crippen LogP contribution in [-0.2, 0) is 23.0 Å². The van der Waals surface area contributed by atoms with Gasteiger partial charge >= 0.3 is 0 Å². The second-order valence-corrected chi connectivity index (χ2v) is 10.0. The number of hydrogen-bond acceptors (Lipinski definition) is 3. The minimum atomic E-state index is -3.40. The van der Waals surface area contributed by atoms with Crippen LogP contribution in [0.3, 0.4) is 0 Å². The lowest BCUT2D eigenvalue weighted by Crippen LogP contribution is -2.24. The van der Waals surface area contributed by atoms with Crippen LogP contribution in [0.4, 0.5) is 0 Å². The van der Waals surface area contributed by atoms with Crippen LogP contribution in [0.15, 0.2) is 57.9 Å². The SMILES string of the molecule is CCCCc1ccc(S(=O)(=O)NCCCCCCNCc2ccc(Br)cc2)cc1. The van der Waals surface area contributed by atoms with Gasteiger partial charge in [0.25, 0.3) is 0 Å². The molecule has 0 aliphatic carbocycles. The average Bonchev–Trinajstić information content (AvgIpc) is 2.72. The molecule has 2 rings (SSSR count). The normalized spacial score (nSPS) is 11.7. The lowest BCUT2D eigenvalue weighted by molar-refractivity contribution is 0.564. The monoisotopic (exact) mass is 480 g/mol. The Labute approximate surface area is 184 Å². The summed E-state index contributed by atoms with van der Waals surface area (Å²) in [5, 5.41) is 3.45. The molecule has 0 aliphatic heterocycles. The molecular weight excluding hydrogens is 448 g/mol. The van der Waals surface area contributed by atoms with Crippen molar-refractivity contribution in [2.24, 2.45) is 0 Å². The molecule has 0 amide bonds. The first-order chi connectivity index (χ1) is 14.0. The van der Waals surface area contributed by atoms with Crippen molar-refractivity contribution in [3.63, 3.8) is 0 Å². The number of hydrogen-bond donors (Lipinski definition) is 2. The number of sulfonamides is 1. The molecule has 4 nitrogen and oxygen atoms in total. The first-order valence-corrected chi connectivity index (χ1v) is 12.8. The molecule has 0 fully saturated rings. The summed E-state index contributed by atoms with van der Waals surface area (Å²) < 4.78 is 28.5. The molecule has 0 bridgehead atoms. The summed E-state index contributed by atoms with van der Waals surface area (Å²) in [7, 11) is -3.40. The minimum Gasteiger partial charge on any atom is -0.313 e. The van der Waals surface area contributed by atoms with Crippen LogP contribution in [0.5, 0.6) is 0 Å². The maximum Gasteiger partial charge on any atom is 0.240 e. The summed E-state index contributed by atoms with van der Waals surface area (Å²) in [5.41, 5.74) is 2.47. The number of unbranched alkanes of at least 4 members (excludes halogenated alkanes) is 4. The van der Waals surface area contributed by atoms with Crippen LogP contribution in [-0.4, -0.2) is 21.5 Å². The van der Waals surface area contributed by atoms with E-state index in [1.165, 1.54) is 11.1 Å². The van der Waals surface area contributed by atoms with E-state index >= 15 is 0 Å². The molecule has 160 valence electrons. The predicted octanol–water partition coefficient (Wildman–Crippen LogP) is 5.42. The zero-order chi connectivity index (χ0) is 21.0. The fraction of sp³-hybridized carbons (Fsp3) is 0.478. The fourth-order valence-corrected chi connectivity index (χ4v) is 4.41. The Morgan fingerprint density at radius 3 is 2.07 bits per heavy atom. The first-order valence-electron chi connectivity index (χ1n) is 10.5. The molecule has 2 aromatic carbocycles. The van der Waals surface area contributed by atoms with Gasteiger partial charge in [0.2, 0.25) is 10.0 Å². The summed E-state index contributed by atoms with van der Waals surface area (Å²) in [4.78, 5) is 0.356. The largest absolute Gasteiger partial charge is 0.313 e. The Morgan fingerprint density at radius 1 is 0.793 bits per heavy atom. The van der Waals surface area contributed by atoms with Crippen LogP contribution >= 0.6 is 15.9 Å². The summed E-state index contributed by atoms with van der Waals surface area (Å²) in [5.74, 6) is 0. The standard InChI is InChI=1S/C23H33BrN2O2S/c1-2-3-8-20-11-15-23(16-12-20)29(27,28)26-18-7-5-4-6-17-25-19-21-9-13-22(24)14-10-21/h9-16,25-26H,2-8,17-19H2,1H3. The minimum absolute atomic E-state index is 0.356. The molecule has 2 aromatic rings. The van der Waals surface area contributed by atoms with Crippen molar-refractivity contribution in [3.8, 4) is 0 Å². The van der Waals surface area contributed by atoms with E-state index in [0.29, 0.717) is 11.4 Å². The third-order valence-electron chi connectivity index (χ3n) is 4.87. The third kappa shape index (κ3) is 9.43. The Hall–Kier alpha value is -1.21. The molecule has 29 heavy (non-hydrogen) atoms. The van der Waals surface area contributed by atoms with Crippen molar-refractivity contribution in [2.75, 3.05) is 13.1 Å². The molecule has 0 aliphatic rings. The molecule has 2 N–H and O–H groups in total. The first kappa shape index (κ1) is 24.1. The van der Waals surface area contributed by atoms with Crippen molar-refractivity contribution in [1.82, 2.24) is 10.0 Å². The van der Waals surface area contributed by atoms with E-state index in [9.17, 15) is 8.42 Å².